The van der Waals surface area contributed by atoms with Crippen LogP contribution >= 0.6 is 0 Å². The van der Waals surface area contributed by atoms with Gasteiger partial charge in [0.15, 0.2) is 0 Å². The molecule has 0 aromatic heterocycles. The fourth-order valence-corrected chi connectivity index (χ4v) is 2.95. The normalized spacial score (nSPS) is 26.1. The van der Waals surface area contributed by atoms with Crippen LogP contribution in [0.15, 0.2) is 0 Å². The van der Waals surface area contributed by atoms with Crippen molar-refractivity contribution in [1.82, 2.24) is 0 Å². The Hall–Kier alpha value is -0.0800. The third kappa shape index (κ3) is 1.82. The van der Waals surface area contributed by atoms with Gasteiger partial charge in [-0.3, -0.25) is 0 Å². The second kappa shape index (κ2) is 3.82. The predicted molar refractivity (Wildman–Crippen MR) is 60.1 cm³/mol. The van der Waals surface area contributed by atoms with Crippen molar-refractivity contribution in [2.24, 2.45) is 22.5 Å². The molecule has 2 N–H and O–H groups in total. The van der Waals surface area contributed by atoms with E-state index in [0.29, 0.717) is 22.8 Å². The molecule has 0 aromatic rings. The van der Waals surface area contributed by atoms with E-state index in [9.17, 15) is 0 Å². The molecule has 14 heavy (non-hydrogen) atoms. The first-order valence-electron chi connectivity index (χ1n) is 5.60. The molecule has 1 saturated carbocycles. The summed E-state index contributed by atoms with van der Waals surface area (Å²) in [5.41, 5.74) is 7.05. The molecular weight excluding hydrogens is 174 g/mol. The summed E-state index contributed by atoms with van der Waals surface area (Å²) in [5, 5.41) is 0. The van der Waals surface area contributed by atoms with Gasteiger partial charge in [0.2, 0.25) is 0 Å². The molecule has 1 rings (SSSR count). The fourth-order valence-electron chi connectivity index (χ4n) is 2.95. The number of hydrogen-bond donors (Lipinski definition) is 1. The van der Waals surface area contributed by atoms with Gasteiger partial charge in [0, 0.05) is 19.8 Å². The molecule has 0 heterocycles. The Morgan fingerprint density at radius 3 is 2.07 bits per heavy atom. The smallest absolute Gasteiger partial charge is 0.0462 e. The highest BCUT2D eigenvalue weighted by Gasteiger charge is 2.66. The zero-order valence-corrected chi connectivity index (χ0v) is 10.3. The molecule has 2 nitrogen and oxygen atoms in total. The Kier molecular flexibility index (Phi) is 3.27. The number of nitrogens with two attached hydrogens (primary N) is 1. The van der Waals surface area contributed by atoms with E-state index in [0.717, 1.165) is 19.4 Å². The van der Waals surface area contributed by atoms with Crippen molar-refractivity contribution in [2.45, 2.75) is 46.6 Å². The van der Waals surface area contributed by atoms with E-state index in [1.807, 2.05) is 0 Å². The molecule has 0 spiro atoms. The summed E-state index contributed by atoms with van der Waals surface area (Å²) in [6.45, 7) is 10.1. The summed E-state index contributed by atoms with van der Waals surface area (Å²) >= 11 is 0. The van der Waals surface area contributed by atoms with E-state index >= 15 is 0 Å². The van der Waals surface area contributed by atoms with E-state index in [1.165, 1.54) is 0 Å². The summed E-state index contributed by atoms with van der Waals surface area (Å²) in [6.07, 6.45) is 2.17. The first-order chi connectivity index (χ1) is 6.35. The Balaban J connectivity index is 2.37. The van der Waals surface area contributed by atoms with Crippen molar-refractivity contribution in [3.63, 3.8) is 0 Å². The largest absolute Gasteiger partial charge is 0.385 e. The molecule has 0 bridgehead atoms. The van der Waals surface area contributed by atoms with Crippen LogP contribution in [0.25, 0.3) is 0 Å². The monoisotopic (exact) mass is 199 g/mol. The van der Waals surface area contributed by atoms with Crippen LogP contribution in [0.1, 0.15) is 40.5 Å². The molecule has 0 saturated heterocycles. The van der Waals surface area contributed by atoms with Gasteiger partial charge in [-0.2, -0.15) is 0 Å². The molecular formula is C12H25NO. The van der Waals surface area contributed by atoms with Crippen LogP contribution in [0.2, 0.25) is 0 Å². The number of hydrogen-bond acceptors (Lipinski definition) is 2. The fraction of sp³-hybridized carbons (Fsp3) is 1.00. The van der Waals surface area contributed by atoms with E-state index < -0.39 is 0 Å². The van der Waals surface area contributed by atoms with Gasteiger partial charge in [-0.05, 0) is 29.6 Å². The van der Waals surface area contributed by atoms with Gasteiger partial charge in [-0.25, -0.2) is 0 Å². The molecule has 1 unspecified atom stereocenters. The van der Waals surface area contributed by atoms with Crippen molar-refractivity contribution in [3.05, 3.63) is 0 Å². The number of ether oxygens (including phenoxy) is 1. The maximum Gasteiger partial charge on any atom is 0.0462 e. The lowest BCUT2D eigenvalue weighted by Crippen LogP contribution is -2.26. The average Bonchev–Trinajstić information content (AvgIpc) is 2.43. The Morgan fingerprint density at radius 2 is 1.71 bits per heavy atom. The highest BCUT2D eigenvalue weighted by atomic mass is 16.5. The van der Waals surface area contributed by atoms with E-state index in [1.54, 1.807) is 7.11 Å². The molecule has 0 amide bonds. The molecule has 1 aliphatic carbocycles. The summed E-state index contributed by atoms with van der Waals surface area (Å²) in [6, 6.07) is 0.343. The zero-order chi connectivity index (χ0) is 11.0. The first-order valence-corrected chi connectivity index (χ1v) is 5.60. The minimum atomic E-state index is 0.343. The van der Waals surface area contributed by atoms with Crippen molar-refractivity contribution in [3.8, 4) is 0 Å². The van der Waals surface area contributed by atoms with Gasteiger partial charge in [0.1, 0.15) is 0 Å². The van der Waals surface area contributed by atoms with Crippen LogP contribution in [-0.2, 0) is 4.74 Å². The first kappa shape index (κ1) is 12.0. The molecule has 0 radical (unpaired) electrons. The molecule has 1 aliphatic rings. The highest BCUT2D eigenvalue weighted by Crippen LogP contribution is 2.69. The van der Waals surface area contributed by atoms with Gasteiger partial charge in [-0.15, -0.1) is 0 Å². The highest BCUT2D eigenvalue weighted by molar-refractivity contribution is 5.15. The van der Waals surface area contributed by atoms with Crippen LogP contribution < -0.4 is 5.73 Å². The standard InChI is InChI=1S/C12H25NO/c1-11(2)10(12(11,3)4)9(13)7-6-8-14-5/h9-10H,6-8,13H2,1-5H3. The van der Waals surface area contributed by atoms with Crippen LogP contribution in [-0.4, -0.2) is 19.8 Å². The van der Waals surface area contributed by atoms with Crippen LogP contribution in [0, 0.1) is 16.7 Å². The summed E-state index contributed by atoms with van der Waals surface area (Å²) in [7, 11) is 1.75. The van der Waals surface area contributed by atoms with E-state index in [2.05, 4.69) is 27.7 Å². The van der Waals surface area contributed by atoms with Gasteiger partial charge in [0.25, 0.3) is 0 Å². The van der Waals surface area contributed by atoms with E-state index in [4.69, 9.17) is 10.5 Å². The molecule has 1 atom stereocenters. The molecule has 1 fully saturated rings. The SMILES string of the molecule is COCCCC(N)C1C(C)(C)C1(C)C. The second-order valence-corrected chi connectivity index (χ2v) is 5.72. The Labute approximate surface area is 88.2 Å². The van der Waals surface area contributed by atoms with E-state index in [-0.39, 0.29) is 0 Å². The van der Waals surface area contributed by atoms with Crippen molar-refractivity contribution in [1.29, 1.82) is 0 Å². The van der Waals surface area contributed by atoms with Gasteiger partial charge in [-0.1, -0.05) is 27.7 Å². The lowest BCUT2D eigenvalue weighted by atomic mass is 10.0. The average molecular weight is 199 g/mol. The topological polar surface area (TPSA) is 35.2 Å². The number of methoxy groups -OCH3 is 1. The second-order valence-electron chi connectivity index (χ2n) is 5.72. The predicted octanol–water partition coefficient (Wildman–Crippen LogP) is 2.42. The summed E-state index contributed by atoms with van der Waals surface area (Å²) in [5.74, 6) is 0.673. The van der Waals surface area contributed by atoms with Gasteiger partial charge in [0.05, 0.1) is 0 Å². The van der Waals surface area contributed by atoms with Crippen molar-refractivity contribution in [2.75, 3.05) is 13.7 Å². The van der Waals surface area contributed by atoms with Crippen molar-refractivity contribution >= 4 is 0 Å². The van der Waals surface area contributed by atoms with Gasteiger partial charge < -0.3 is 10.5 Å². The lowest BCUT2D eigenvalue weighted by Gasteiger charge is -2.13. The quantitative estimate of drug-likeness (QED) is 0.690. The third-order valence-electron chi connectivity index (χ3n) is 4.45. The molecule has 0 aliphatic heterocycles. The summed E-state index contributed by atoms with van der Waals surface area (Å²) in [4.78, 5) is 0. The Bertz CT molecular complexity index is 184. The molecule has 84 valence electrons. The number of rotatable bonds is 5. The molecule has 2 heteroatoms. The van der Waals surface area contributed by atoms with Crippen LogP contribution in [0.5, 0.6) is 0 Å². The minimum absolute atomic E-state index is 0.343. The zero-order valence-electron chi connectivity index (χ0n) is 10.3. The van der Waals surface area contributed by atoms with Crippen LogP contribution in [0.4, 0.5) is 0 Å². The maximum atomic E-state index is 6.22. The lowest BCUT2D eigenvalue weighted by molar-refractivity contribution is 0.188. The minimum Gasteiger partial charge on any atom is -0.385 e. The molecule has 0 aromatic carbocycles. The van der Waals surface area contributed by atoms with Crippen molar-refractivity contribution < 1.29 is 4.74 Å². The van der Waals surface area contributed by atoms with Gasteiger partial charge >= 0.3 is 0 Å². The maximum absolute atomic E-state index is 6.22. The Morgan fingerprint density at radius 1 is 1.21 bits per heavy atom. The van der Waals surface area contributed by atoms with Crippen LogP contribution in [0.3, 0.4) is 0 Å². The summed E-state index contributed by atoms with van der Waals surface area (Å²) < 4.78 is 5.04. The third-order valence-corrected chi connectivity index (χ3v) is 4.45.